The minimum Gasteiger partial charge on any atom is -0.488 e. The van der Waals surface area contributed by atoms with E-state index >= 15 is 8.78 Å². The monoisotopic (exact) mass is 509 g/mol. The molecule has 2 nitrogen and oxygen atoms in total. The van der Waals surface area contributed by atoms with Gasteiger partial charge in [0.25, 0.3) is 0 Å². The second-order valence-electron chi connectivity index (χ2n) is 7.35. The molecule has 1 heterocycles. The number of fused-ring (bicyclic) bond motifs is 2. The van der Waals surface area contributed by atoms with Crippen molar-refractivity contribution in [1.82, 2.24) is 0 Å². The first-order valence-corrected chi connectivity index (χ1v) is 11.2. The third-order valence-electron chi connectivity index (χ3n) is 5.22. The molecule has 0 radical (unpaired) electrons. The molecule has 0 saturated carbocycles. The molecule has 0 spiro atoms. The van der Waals surface area contributed by atoms with Crippen LogP contribution in [0.2, 0.25) is 0 Å². The number of para-hydroxylation sites is 2. The number of hydrogen-bond donors (Lipinski definition) is 0. The van der Waals surface area contributed by atoms with Crippen LogP contribution in [-0.2, 0) is 17.5 Å². The third kappa shape index (κ3) is 3.87. The van der Waals surface area contributed by atoms with E-state index in [1.807, 2.05) is 0 Å². The molecule has 0 N–H and O–H groups in total. The quantitative estimate of drug-likeness (QED) is 0.109. The van der Waals surface area contributed by atoms with Crippen molar-refractivity contribution in [2.75, 3.05) is 0 Å². The van der Waals surface area contributed by atoms with E-state index in [4.69, 9.17) is 9.47 Å². The molecule has 5 rings (SSSR count). The molecular weight excluding hydrogens is 497 g/mol. The second kappa shape index (κ2) is 8.84. The zero-order chi connectivity index (χ0) is 24.9. The van der Waals surface area contributed by atoms with Gasteiger partial charge in [-0.2, -0.15) is 0 Å². The maximum Gasteiger partial charge on any atom is 0.238 e. The summed E-state index contributed by atoms with van der Waals surface area (Å²) in [5, 5.41) is 0. The van der Waals surface area contributed by atoms with Gasteiger partial charge in [0, 0.05) is 12.1 Å². The fourth-order valence-electron chi connectivity index (χ4n) is 3.61. The molecule has 0 bridgehead atoms. The lowest BCUT2D eigenvalue weighted by Gasteiger charge is -2.20. The van der Waals surface area contributed by atoms with Crippen molar-refractivity contribution in [3.8, 4) is 17.2 Å². The Labute approximate surface area is 196 Å². The highest BCUT2D eigenvalue weighted by atomic mass is 32.2. The largest absolute Gasteiger partial charge is 0.488 e. The lowest BCUT2D eigenvalue weighted by molar-refractivity contribution is 0.276. The molecule has 0 aliphatic carbocycles. The summed E-state index contributed by atoms with van der Waals surface area (Å²) in [6.07, 6.45) is 0. The first-order chi connectivity index (χ1) is 16.8. The SMILES string of the molecule is Fc1cc(OCc2c(F)c(F)c(F)c(F)c2F)cc(F)c1[S+]1c2ccccc2Oc2ccccc21. The normalized spacial score (nSPS) is 12.7. The van der Waals surface area contributed by atoms with Gasteiger partial charge in [0.1, 0.15) is 23.3 Å². The van der Waals surface area contributed by atoms with Crippen LogP contribution >= 0.6 is 0 Å². The van der Waals surface area contributed by atoms with Gasteiger partial charge in [-0.25, -0.2) is 30.7 Å². The molecule has 1 aliphatic heterocycles. The van der Waals surface area contributed by atoms with E-state index in [0.29, 0.717) is 21.3 Å². The number of benzene rings is 4. The van der Waals surface area contributed by atoms with Gasteiger partial charge in [0.05, 0.1) is 5.56 Å². The first kappa shape index (κ1) is 23.1. The molecule has 10 heteroatoms. The Bertz CT molecular complexity index is 1380. The van der Waals surface area contributed by atoms with Crippen molar-refractivity contribution in [2.24, 2.45) is 0 Å². The Morgan fingerprint density at radius 3 is 1.60 bits per heavy atom. The van der Waals surface area contributed by atoms with Crippen LogP contribution in [0.4, 0.5) is 30.7 Å². The highest BCUT2D eigenvalue weighted by molar-refractivity contribution is 7.97. The zero-order valence-corrected chi connectivity index (χ0v) is 18.2. The Morgan fingerprint density at radius 2 is 1.09 bits per heavy atom. The van der Waals surface area contributed by atoms with Gasteiger partial charge < -0.3 is 9.47 Å². The van der Waals surface area contributed by atoms with Crippen LogP contribution in [0.15, 0.2) is 75.4 Å². The predicted octanol–water partition coefficient (Wildman–Crippen LogP) is 7.44. The van der Waals surface area contributed by atoms with Gasteiger partial charge in [-0.1, -0.05) is 24.3 Å². The van der Waals surface area contributed by atoms with Gasteiger partial charge in [-0.3, -0.25) is 0 Å². The average Bonchev–Trinajstić information content (AvgIpc) is 2.85. The molecule has 0 saturated heterocycles. The van der Waals surface area contributed by atoms with E-state index < -0.39 is 69.5 Å². The third-order valence-corrected chi connectivity index (χ3v) is 7.57. The summed E-state index contributed by atoms with van der Waals surface area (Å²) >= 11 is 0. The lowest BCUT2D eigenvalue weighted by atomic mass is 10.2. The standard InChI is InChI=1S/C25H12F7O2S/c26-14-9-12(33-11-13-20(28)22(30)24(32)23(31)21(13)29)10-15(27)25(14)35-18-7-3-1-5-16(18)34-17-6-2-4-8-19(17)35/h1-10H,11H2/q+1. The summed E-state index contributed by atoms with van der Waals surface area (Å²) in [6, 6.07) is 15.1. The van der Waals surface area contributed by atoms with Crippen LogP contribution in [0, 0.1) is 40.7 Å². The average molecular weight is 509 g/mol. The van der Waals surface area contributed by atoms with Crippen LogP contribution in [0.5, 0.6) is 17.2 Å². The molecule has 0 amide bonds. The summed E-state index contributed by atoms with van der Waals surface area (Å²) in [6.45, 7) is -1.14. The molecule has 0 atom stereocenters. The van der Waals surface area contributed by atoms with Crippen molar-refractivity contribution in [1.29, 1.82) is 0 Å². The Balaban J connectivity index is 1.52. The van der Waals surface area contributed by atoms with E-state index in [0.717, 1.165) is 12.1 Å². The van der Waals surface area contributed by atoms with Crippen LogP contribution < -0.4 is 9.47 Å². The Hall–Kier alpha value is -3.66. The van der Waals surface area contributed by atoms with E-state index in [-0.39, 0.29) is 4.90 Å². The number of halogens is 7. The van der Waals surface area contributed by atoms with Gasteiger partial charge in [0.2, 0.25) is 20.5 Å². The minimum atomic E-state index is -2.32. The summed E-state index contributed by atoms with van der Waals surface area (Å²) in [7, 11) is -1.24. The molecule has 178 valence electrons. The van der Waals surface area contributed by atoms with Gasteiger partial charge in [0.15, 0.2) is 46.4 Å². The molecule has 35 heavy (non-hydrogen) atoms. The minimum absolute atomic E-state index is 0.295. The van der Waals surface area contributed by atoms with Crippen LogP contribution in [0.1, 0.15) is 5.56 Å². The van der Waals surface area contributed by atoms with E-state index in [2.05, 4.69) is 0 Å². The molecule has 0 unspecified atom stereocenters. The summed E-state index contributed by atoms with van der Waals surface area (Å²) in [5.41, 5.74) is -1.26. The summed E-state index contributed by atoms with van der Waals surface area (Å²) in [4.78, 5) is 0.787. The van der Waals surface area contributed by atoms with Crippen molar-refractivity contribution in [2.45, 2.75) is 21.3 Å². The topological polar surface area (TPSA) is 18.5 Å². The smallest absolute Gasteiger partial charge is 0.238 e. The maximum atomic E-state index is 15.3. The van der Waals surface area contributed by atoms with Crippen molar-refractivity contribution < 1.29 is 40.2 Å². The fraction of sp³-hybridized carbons (Fsp3) is 0.0400. The van der Waals surface area contributed by atoms with E-state index in [1.165, 1.54) is 0 Å². The first-order valence-electron chi connectivity index (χ1n) is 10.00. The Kier molecular flexibility index (Phi) is 5.84. The predicted molar refractivity (Wildman–Crippen MR) is 112 cm³/mol. The summed E-state index contributed by atoms with van der Waals surface area (Å²) in [5.74, 6) is -12.5. The number of hydrogen-bond acceptors (Lipinski definition) is 2. The van der Waals surface area contributed by atoms with E-state index in [1.54, 1.807) is 48.5 Å². The van der Waals surface area contributed by atoms with Gasteiger partial charge >= 0.3 is 0 Å². The lowest BCUT2D eigenvalue weighted by Crippen LogP contribution is -2.15. The molecular formula is C25H12F7O2S+. The molecule has 4 aromatic rings. The van der Waals surface area contributed by atoms with Crippen LogP contribution in [0.25, 0.3) is 0 Å². The zero-order valence-electron chi connectivity index (χ0n) is 17.4. The number of ether oxygens (including phenoxy) is 2. The highest BCUT2D eigenvalue weighted by Crippen LogP contribution is 2.48. The molecule has 1 aliphatic rings. The van der Waals surface area contributed by atoms with Crippen LogP contribution in [-0.4, -0.2) is 0 Å². The number of rotatable bonds is 4. The van der Waals surface area contributed by atoms with Crippen molar-refractivity contribution >= 4 is 10.9 Å². The summed E-state index contributed by atoms with van der Waals surface area (Å²) < 4.78 is 109. The van der Waals surface area contributed by atoms with Crippen LogP contribution in [0.3, 0.4) is 0 Å². The molecule has 0 fully saturated rings. The van der Waals surface area contributed by atoms with Crippen molar-refractivity contribution in [3.05, 3.63) is 107 Å². The fourth-order valence-corrected chi connectivity index (χ4v) is 5.85. The second-order valence-corrected chi connectivity index (χ2v) is 9.26. The highest BCUT2D eigenvalue weighted by Gasteiger charge is 2.43. The maximum absolute atomic E-state index is 15.3. The van der Waals surface area contributed by atoms with Crippen molar-refractivity contribution in [3.63, 3.8) is 0 Å². The molecule has 4 aromatic carbocycles. The van der Waals surface area contributed by atoms with E-state index in [9.17, 15) is 22.0 Å². The van der Waals surface area contributed by atoms with Gasteiger partial charge in [-0.05, 0) is 24.3 Å². The Morgan fingerprint density at radius 1 is 0.629 bits per heavy atom. The van der Waals surface area contributed by atoms with Gasteiger partial charge in [-0.15, -0.1) is 0 Å². The molecule has 0 aromatic heterocycles.